The second-order valence-corrected chi connectivity index (χ2v) is 7.46. The number of phenols is 1. The molecular weight excluding hydrogens is 370 g/mol. The zero-order valence-corrected chi connectivity index (χ0v) is 14.6. The molecule has 1 aromatic rings. The van der Waals surface area contributed by atoms with Gasteiger partial charge in [0.05, 0.1) is 16.7 Å². The number of thioether (sulfide) groups is 2. The van der Waals surface area contributed by atoms with Gasteiger partial charge in [0.2, 0.25) is 0 Å². The number of aliphatic hydroxyl groups is 1. The average Bonchev–Trinajstić information content (AvgIpc) is 2.59. The Morgan fingerprint density at radius 2 is 2.12 bits per heavy atom. The van der Waals surface area contributed by atoms with E-state index in [1.165, 1.54) is 17.8 Å². The minimum Gasteiger partial charge on any atom is -0.505 e. The van der Waals surface area contributed by atoms with Gasteiger partial charge in [-0.3, -0.25) is 4.79 Å². The first-order chi connectivity index (χ1) is 11.8. The van der Waals surface area contributed by atoms with Crippen LogP contribution < -0.4 is 16.8 Å². The Morgan fingerprint density at radius 3 is 2.68 bits per heavy atom. The van der Waals surface area contributed by atoms with Crippen molar-refractivity contribution >= 4 is 41.1 Å². The summed E-state index contributed by atoms with van der Waals surface area (Å²) in [6, 6.07) is -0.494. The zero-order chi connectivity index (χ0) is 18.7. The van der Waals surface area contributed by atoms with Crippen LogP contribution in [0.15, 0.2) is 15.9 Å². The number of rotatable bonds is 7. The van der Waals surface area contributed by atoms with Crippen molar-refractivity contribution < 1.29 is 30.0 Å². The normalized spacial score (nSPS) is 18.8. The van der Waals surface area contributed by atoms with Gasteiger partial charge in [0, 0.05) is 22.9 Å². The molecule has 2 rings (SSSR count). The van der Waals surface area contributed by atoms with Crippen LogP contribution in [0.25, 0.3) is 0 Å². The Balaban J connectivity index is 2.42. The third kappa shape index (κ3) is 4.30. The number of carboxylic acid groups (broad SMARTS) is 2. The first-order valence-electron chi connectivity index (χ1n) is 7.27. The Kier molecular flexibility index (Phi) is 6.41. The molecule has 138 valence electrons. The van der Waals surface area contributed by atoms with Gasteiger partial charge in [0.15, 0.2) is 5.75 Å². The van der Waals surface area contributed by atoms with E-state index in [2.05, 4.69) is 5.32 Å². The summed E-state index contributed by atoms with van der Waals surface area (Å²) in [5.74, 6) is -2.22. The number of benzene rings is 1. The molecule has 0 fully saturated rings. The fraction of sp³-hybridized carbons (Fsp3) is 0.429. The van der Waals surface area contributed by atoms with Gasteiger partial charge in [-0.05, 0) is 11.6 Å². The Bertz CT molecular complexity index is 687. The van der Waals surface area contributed by atoms with Crippen molar-refractivity contribution in [2.24, 2.45) is 11.5 Å². The predicted octanol–water partition coefficient (Wildman–Crippen LogP) is -0.141. The van der Waals surface area contributed by atoms with E-state index < -0.39 is 30.1 Å². The fourth-order valence-electron chi connectivity index (χ4n) is 2.19. The van der Waals surface area contributed by atoms with Crippen molar-refractivity contribution in [3.05, 3.63) is 11.6 Å². The molecule has 3 atom stereocenters. The molecule has 0 bridgehead atoms. The summed E-state index contributed by atoms with van der Waals surface area (Å²) < 4.78 is 0. The Morgan fingerprint density at radius 1 is 1.44 bits per heavy atom. The number of carbonyl (C=O) groups is 2. The number of fused-ring (bicyclic) bond motifs is 1. The minimum atomic E-state index is -1.17. The number of aliphatic carboxylic acids is 2. The summed E-state index contributed by atoms with van der Waals surface area (Å²) in [4.78, 5) is 22.9. The molecule has 3 unspecified atom stereocenters. The van der Waals surface area contributed by atoms with Crippen LogP contribution in [0.3, 0.4) is 0 Å². The highest BCUT2D eigenvalue weighted by atomic mass is 32.2. The highest BCUT2D eigenvalue weighted by Crippen LogP contribution is 2.48. The van der Waals surface area contributed by atoms with E-state index in [0.29, 0.717) is 10.5 Å². The Labute approximate surface area is 151 Å². The SMILES string of the molecule is NCC(O)c1cc(SCC(N)C(=O)O)c(O)c2c1SCC(C(=O)O)N2. The van der Waals surface area contributed by atoms with E-state index >= 15 is 0 Å². The van der Waals surface area contributed by atoms with E-state index in [1.54, 1.807) is 0 Å². The van der Waals surface area contributed by atoms with E-state index in [9.17, 15) is 24.9 Å². The highest BCUT2D eigenvalue weighted by Gasteiger charge is 2.31. The maximum atomic E-state index is 11.2. The van der Waals surface area contributed by atoms with Crippen LogP contribution in [0, 0.1) is 0 Å². The molecule has 0 radical (unpaired) electrons. The topological polar surface area (TPSA) is 179 Å². The lowest BCUT2D eigenvalue weighted by molar-refractivity contribution is -0.138. The molecule has 0 amide bonds. The predicted molar refractivity (Wildman–Crippen MR) is 94.2 cm³/mol. The number of nitrogens with two attached hydrogens (primary N) is 2. The van der Waals surface area contributed by atoms with Gasteiger partial charge < -0.3 is 37.2 Å². The molecule has 0 saturated carbocycles. The lowest BCUT2D eigenvalue weighted by atomic mass is 10.1. The number of carboxylic acids is 2. The van der Waals surface area contributed by atoms with Crippen LogP contribution in [0.5, 0.6) is 5.75 Å². The maximum Gasteiger partial charge on any atom is 0.327 e. The van der Waals surface area contributed by atoms with Crippen LogP contribution in [0.4, 0.5) is 5.69 Å². The van der Waals surface area contributed by atoms with Gasteiger partial charge in [-0.25, -0.2) is 4.79 Å². The zero-order valence-electron chi connectivity index (χ0n) is 13.0. The number of hydrogen-bond acceptors (Lipinski definition) is 9. The molecule has 1 aliphatic rings. The molecule has 0 spiro atoms. The second kappa shape index (κ2) is 8.15. The third-order valence-corrected chi connectivity index (χ3v) is 5.95. The summed E-state index contributed by atoms with van der Waals surface area (Å²) >= 11 is 2.20. The number of aromatic hydroxyl groups is 1. The molecule has 0 aliphatic carbocycles. The number of phenolic OH excluding ortho intramolecular Hbond substituents is 1. The van der Waals surface area contributed by atoms with Crippen molar-refractivity contribution in [3.63, 3.8) is 0 Å². The number of aliphatic hydroxyl groups excluding tert-OH is 1. The molecule has 0 aromatic heterocycles. The van der Waals surface area contributed by atoms with E-state index in [-0.39, 0.29) is 34.4 Å². The smallest absolute Gasteiger partial charge is 0.327 e. The average molecular weight is 389 g/mol. The van der Waals surface area contributed by atoms with Crippen LogP contribution in [-0.2, 0) is 9.59 Å². The highest BCUT2D eigenvalue weighted by molar-refractivity contribution is 8.00. The largest absolute Gasteiger partial charge is 0.505 e. The van der Waals surface area contributed by atoms with Crippen LogP contribution in [-0.4, -0.2) is 62.5 Å². The molecule has 25 heavy (non-hydrogen) atoms. The van der Waals surface area contributed by atoms with Gasteiger partial charge in [-0.2, -0.15) is 0 Å². The first kappa shape index (κ1) is 19.7. The van der Waals surface area contributed by atoms with E-state index in [4.69, 9.17) is 16.6 Å². The quantitative estimate of drug-likeness (QED) is 0.244. The van der Waals surface area contributed by atoms with E-state index in [1.807, 2.05) is 0 Å². The molecule has 11 heteroatoms. The van der Waals surface area contributed by atoms with Gasteiger partial charge >= 0.3 is 11.9 Å². The fourth-order valence-corrected chi connectivity index (χ4v) is 4.36. The minimum absolute atomic E-state index is 0.00462. The van der Waals surface area contributed by atoms with Crippen molar-refractivity contribution in [3.8, 4) is 5.75 Å². The molecule has 9 N–H and O–H groups in total. The maximum absolute atomic E-state index is 11.2. The summed E-state index contributed by atoms with van der Waals surface area (Å²) in [5.41, 5.74) is 11.6. The van der Waals surface area contributed by atoms with Gasteiger partial charge in [0.1, 0.15) is 12.1 Å². The monoisotopic (exact) mass is 389 g/mol. The van der Waals surface area contributed by atoms with Gasteiger partial charge in [-0.1, -0.05) is 0 Å². The Hall–Kier alpha value is -1.66. The van der Waals surface area contributed by atoms with Crippen molar-refractivity contribution in [1.82, 2.24) is 0 Å². The van der Waals surface area contributed by atoms with Crippen molar-refractivity contribution in [2.75, 3.05) is 23.4 Å². The second-order valence-electron chi connectivity index (χ2n) is 5.37. The molecule has 9 nitrogen and oxygen atoms in total. The van der Waals surface area contributed by atoms with Crippen LogP contribution >= 0.6 is 23.5 Å². The molecule has 1 aliphatic heterocycles. The summed E-state index contributed by atoms with van der Waals surface area (Å²) in [5, 5.41) is 41.4. The van der Waals surface area contributed by atoms with Crippen LogP contribution in [0.2, 0.25) is 0 Å². The lowest BCUT2D eigenvalue weighted by Gasteiger charge is -2.28. The first-order valence-corrected chi connectivity index (χ1v) is 9.24. The molecule has 1 heterocycles. The number of hydrogen-bond donors (Lipinski definition) is 7. The summed E-state index contributed by atoms with van der Waals surface area (Å²) in [7, 11) is 0. The van der Waals surface area contributed by atoms with Crippen molar-refractivity contribution in [2.45, 2.75) is 28.0 Å². The van der Waals surface area contributed by atoms with Gasteiger partial charge in [0.25, 0.3) is 0 Å². The standard InChI is InChI=1S/C14H19N3O6S2/c15-2-8(18)5-1-9(24-3-6(16)13(20)21)11(19)10-12(5)25-4-7(17-10)14(22)23/h1,6-8,17-19H,2-4,15-16H2,(H,20,21)(H,22,23). The summed E-state index contributed by atoms with van der Waals surface area (Å²) in [6.45, 7) is -0.0567. The molecular formula is C14H19N3O6S2. The van der Waals surface area contributed by atoms with E-state index in [0.717, 1.165) is 11.8 Å². The van der Waals surface area contributed by atoms with Gasteiger partial charge in [-0.15, -0.1) is 23.5 Å². The number of nitrogens with one attached hydrogen (secondary N) is 1. The third-order valence-electron chi connectivity index (χ3n) is 3.57. The molecule has 1 aromatic carbocycles. The van der Waals surface area contributed by atoms with Crippen molar-refractivity contribution in [1.29, 1.82) is 0 Å². The molecule has 0 saturated heterocycles. The number of anilines is 1. The summed E-state index contributed by atoms with van der Waals surface area (Å²) in [6.07, 6.45) is -1.00. The lowest BCUT2D eigenvalue weighted by Crippen LogP contribution is -2.34. The van der Waals surface area contributed by atoms with Crippen LogP contribution in [0.1, 0.15) is 11.7 Å².